The number of nitrogens with zero attached hydrogens (tertiary/aromatic N) is 3. The van der Waals surface area contributed by atoms with Crippen LogP contribution in [0.4, 0.5) is 14.5 Å². The average Bonchev–Trinajstić information content (AvgIpc) is 3.15. The molecule has 30 heavy (non-hydrogen) atoms. The van der Waals surface area contributed by atoms with Crippen LogP contribution in [0, 0.1) is 0 Å². The number of aromatic nitrogens is 3. The van der Waals surface area contributed by atoms with E-state index in [0.717, 1.165) is 30.8 Å². The van der Waals surface area contributed by atoms with Crippen molar-refractivity contribution in [2.75, 3.05) is 31.2 Å². The van der Waals surface area contributed by atoms with Crippen LogP contribution >= 0.6 is 0 Å². The number of pyridine rings is 1. The highest BCUT2D eigenvalue weighted by Crippen LogP contribution is 2.43. The van der Waals surface area contributed by atoms with E-state index in [4.69, 9.17) is 4.74 Å². The summed E-state index contributed by atoms with van der Waals surface area (Å²) >= 11 is 0. The predicted octanol–water partition coefficient (Wildman–Crippen LogP) is 3.98. The molecule has 158 valence electrons. The molecular weight excluding hydrogens is 390 g/mol. The van der Waals surface area contributed by atoms with Gasteiger partial charge in [0.2, 0.25) is 0 Å². The molecule has 1 unspecified atom stereocenters. The smallest absolute Gasteiger partial charge is 0.270 e. The van der Waals surface area contributed by atoms with Gasteiger partial charge in [-0.05, 0) is 31.0 Å². The van der Waals surface area contributed by atoms with Gasteiger partial charge in [-0.2, -0.15) is 5.10 Å². The van der Waals surface area contributed by atoms with E-state index in [1.54, 1.807) is 6.07 Å². The predicted molar refractivity (Wildman–Crippen MR) is 111 cm³/mol. The molecule has 1 aromatic carbocycles. The second-order valence-corrected chi connectivity index (χ2v) is 8.03. The zero-order chi connectivity index (χ0) is 20.7. The summed E-state index contributed by atoms with van der Waals surface area (Å²) < 4.78 is 36.2. The molecule has 3 aromatic rings. The Morgan fingerprint density at radius 3 is 2.60 bits per heavy atom. The minimum absolute atomic E-state index is 0.147. The number of nitrogens with one attached hydrogen (secondary N) is 1. The number of halogens is 2. The van der Waals surface area contributed by atoms with Gasteiger partial charge in [0.15, 0.2) is 0 Å². The molecule has 0 amide bonds. The first-order chi connectivity index (χ1) is 14.5. The lowest BCUT2D eigenvalue weighted by molar-refractivity contribution is -0.0803. The Kier molecular flexibility index (Phi) is 4.81. The molecule has 1 N–H and O–H groups in total. The van der Waals surface area contributed by atoms with Crippen LogP contribution in [-0.4, -0.2) is 47.0 Å². The Hall–Kier alpha value is -2.74. The van der Waals surface area contributed by atoms with Crippen molar-refractivity contribution in [3.63, 3.8) is 0 Å². The first kappa shape index (κ1) is 19.2. The number of morpholine rings is 1. The van der Waals surface area contributed by atoms with Crippen LogP contribution in [0.5, 0.6) is 0 Å². The van der Waals surface area contributed by atoms with Gasteiger partial charge in [0, 0.05) is 37.0 Å². The van der Waals surface area contributed by atoms with Crippen molar-refractivity contribution in [2.24, 2.45) is 0 Å². The van der Waals surface area contributed by atoms with Crippen LogP contribution in [0.15, 0.2) is 41.3 Å². The third-order valence-corrected chi connectivity index (χ3v) is 6.17. The highest BCUT2D eigenvalue weighted by Gasteiger charge is 2.44. The van der Waals surface area contributed by atoms with Crippen LogP contribution in [0.2, 0.25) is 0 Å². The number of H-pyrrole nitrogens is 1. The molecule has 2 aromatic heterocycles. The number of alkyl halides is 2. The fourth-order valence-electron chi connectivity index (χ4n) is 4.57. The van der Waals surface area contributed by atoms with Gasteiger partial charge >= 0.3 is 0 Å². The number of rotatable bonds is 3. The van der Waals surface area contributed by atoms with E-state index in [9.17, 15) is 13.6 Å². The summed E-state index contributed by atoms with van der Waals surface area (Å²) in [4.78, 5) is 17.5. The molecule has 1 saturated heterocycles. The van der Waals surface area contributed by atoms with E-state index in [1.807, 2.05) is 24.3 Å². The van der Waals surface area contributed by atoms with Crippen molar-refractivity contribution in [3.05, 3.63) is 46.9 Å². The number of anilines is 1. The van der Waals surface area contributed by atoms with E-state index < -0.39 is 12.0 Å². The van der Waals surface area contributed by atoms with E-state index >= 15 is 0 Å². The highest BCUT2D eigenvalue weighted by atomic mass is 19.3. The van der Waals surface area contributed by atoms with Crippen LogP contribution in [0.25, 0.3) is 22.2 Å². The standard InChI is InChI=1S/C22H24F2N4O2/c23-22(24)9-2-1-3-18(22)28-17-8-10-25-21(29)19(17)20(26-28)15-4-6-16(7-5-15)27-11-13-30-14-12-27/h4-8,10,18H,1-3,9,11-14H2,(H,25,29). The van der Waals surface area contributed by atoms with Gasteiger partial charge in [-0.15, -0.1) is 0 Å². The fraction of sp³-hybridized carbons (Fsp3) is 0.455. The fourth-order valence-corrected chi connectivity index (χ4v) is 4.57. The lowest BCUT2D eigenvalue weighted by atomic mass is 9.91. The van der Waals surface area contributed by atoms with Crippen LogP contribution in [-0.2, 0) is 4.74 Å². The highest BCUT2D eigenvalue weighted by molar-refractivity contribution is 5.92. The molecule has 2 fully saturated rings. The Labute approximate surface area is 172 Å². The van der Waals surface area contributed by atoms with Crippen molar-refractivity contribution >= 4 is 16.6 Å². The summed E-state index contributed by atoms with van der Waals surface area (Å²) in [5.41, 5.74) is 2.40. The molecule has 1 saturated carbocycles. The molecule has 0 spiro atoms. The largest absolute Gasteiger partial charge is 0.378 e. The normalized spacial score (nSPS) is 21.8. The molecule has 2 aliphatic rings. The van der Waals surface area contributed by atoms with Crippen LogP contribution in [0.3, 0.4) is 0 Å². The number of aromatic amines is 1. The van der Waals surface area contributed by atoms with Crippen LogP contribution < -0.4 is 10.5 Å². The number of fused-ring (bicyclic) bond motifs is 1. The van der Waals surface area contributed by atoms with Crippen molar-refractivity contribution in [3.8, 4) is 11.3 Å². The van der Waals surface area contributed by atoms with E-state index in [0.29, 0.717) is 42.7 Å². The monoisotopic (exact) mass is 414 g/mol. The maximum atomic E-state index is 14.7. The Balaban J connectivity index is 1.59. The Bertz CT molecular complexity index is 1100. The number of benzene rings is 1. The van der Waals surface area contributed by atoms with E-state index in [1.165, 1.54) is 10.9 Å². The summed E-state index contributed by atoms with van der Waals surface area (Å²) in [5, 5.41) is 4.92. The van der Waals surface area contributed by atoms with E-state index in [-0.39, 0.29) is 12.0 Å². The van der Waals surface area contributed by atoms with Gasteiger partial charge in [-0.1, -0.05) is 18.6 Å². The molecule has 5 rings (SSSR count). The second-order valence-electron chi connectivity index (χ2n) is 8.03. The van der Waals surface area contributed by atoms with Gasteiger partial charge < -0.3 is 14.6 Å². The number of hydrogen-bond donors (Lipinski definition) is 1. The molecule has 3 heterocycles. The zero-order valence-corrected chi connectivity index (χ0v) is 16.6. The number of hydrogen-bond acceptors (Lipinski definition) is 4. The molecule has 0 radical (unpaired) electrons. The molecule has 1 aliphatic carbocycles. The lowest BCUT2D eigenvalue weighted by Gasteiger charge is -2.31. The summed E-state index contributed by atoms with van der Waals surface area (Å²) in [7, 11) is 0. The van der Waals surface area contributed by atoms with Crippen LogP contribution in [0.1, 0.15) is 31.7 Å². The van der Waals surface area contributed by atoms with Gasteiger partial charge in [0.25, 0.3) is 11.5 Å². The minimum atomic E-state index is -2.84. The SMILES string of the molecule is O=c1[nH]ccc2c1c(-c1ccc(N3CCOCC3)cc1)nn2C1CCCCC1(F)F. The summed E-state index contributed by atoms with van der Waals surface area (Å²) in [5.74, 6) is -2.84. The molecular formula is C22H24F2N4O2. The maximum absolute atomic E-state index is 14.7. The lowest BCUT2D eigenvalue weighted by Crippen LogP contribution is -2.36. The van der Waals surface area contributed by atoms with Crippen molar-refractivity contribution in [2.45, 2.75) is 37.6 Å². The van der Waals surface area contributed by atoms with Crippen molar-refractivity contribution in [1.29, 1.82) is 0 Å². The molecule has 6 nitrogen and oxygen atoms in total. The van der Waals surface area contributed by atoms with E-state index in [2.05, 4.69) is 15.0 Å². The van der Waals surface area contributed by atoms with Crippen molar-refractivity contribution in [1.82, 2.24) is 14.8 Å². The molecule has 1 aliphatic heterocycles. The third kappa shape index (κ3) is 3.29. The zero-order valence-electron chi connectivity index (χ0n) is 16.6. The molecule has 0 bridgehead atoms. The summed E-state index contributed by atoms with van der Waals surface area (Å²) in [6, 6.07) is 8.41. The maximum Gasteiger partial charge on any atom is 0.270 e. The number of ether oxygens (including phenoxy) is 1. The van der Waals surface area contributed by atoms with Crippen molar-refractivity contribution < 1.29 is 13.5 Å². The quantitative estimate of drug-likeness (QED) is 0.704. The van der Waals surface area contributed by atoms with Gasteiger partial charge in [0.1, 0.15) is 11.7 Å². The second kappa shape index (κ2) is 7.50. The first-order valence-corrected chi connectivity index (χ1v) is 10.5. The molecule has 1 atom stereocenters. The average molecular weight is 414 g/mol. The summed E-state index contributed by atoms with van der Waals surface area (Å²) in [6.45, 7) is 3.05. The Morgan fingerprint density at radius 1 is 1.10 bits per heavy atom. The minimum Gasteiger partial charge on any atom is -0.378 e. The third-order valence-electron chi connectivity index (χ3n) is 6.17. The van der Waals surface area contributed by atoms with Gasteiger partial charge in [0.05, 0.1) is 24.1 Å². The van der Waals surface area contributed by atoms with Gasteiger partial charge in [-0.25, -0.2) is 8.78 Å². The molecule has 8 heteroatoms. The Morgan fingerprint density at radius 2 is 1.87 bits per heavy atom. The first-order valence-electron chi connectivity index (χ1n) is 10.5. The summed E-state index contributed by atoms with van der Waals surface area (Å²) in [6.07, 6.45) is 2.94. The van der Waals surface area contributed by atoms with Gasteiger partial charge in [-0.3, -0.25) is 9.48 Å². The topological polar surface area (TPSA) is 63.1 Å².